The molecule has 1 aromatic carbocycles. The number of ether oxygens (including phenoxy) is 1. The topological polar surface area (TPSA) is 21.3 Å². The maximum Gasteiger partial charge on any atom is 0.123 e. The zero-order valence-electron chi connectivity index (χ0n) is 10.7. The Kier molecular flexibility index (Phi) is 6.82. The van der Waals surface area contributed by atoms with Crippen LogP contribution in [0, 0.1) is 5.82 Å². The highest BCUT2D eigenvalue weighted by Crippen LogP contribution is 2.12. The van der Waals surface area contributed by atoms with Gasteiger partial charge in [0.05, 0.1) is 6.61 Å². The molecule has 17 heavy (non-hydrogen) atoms. The van der Waals surface area contributed by atoms with E-state index in [1.54, 1.807) is 0 Å². The van der Waals surface area contributed by atoms with Crippen LogP contribution < -0.4 is 5.32 Å². The van der Waals surface area contributed by atoms with E-state index in [9.17, 15) is 4.39 Å². The van der Waals surface area contributed by atoms with Crippen LogP contribution in [0.15, 0.2) is 24.3 Å². The Hall–Kier alpha value is -0.930. The van der Waals surface area contributed by atoms with Crippen molar-refractivity contribution in [2.24, 2.45) is 0 Å². The number of nitrogens with one attached hydrogen (secondary N) is 1. The first-order chi connectivity index (χ1) is 8.24. The molecule has 0 aliphatic heterocycles. The Morgan fingerprint density at radius 2 is 1.94 bits per heavy atom. The zero-order chi connectivity index (χ0) is 12.5. The van der Waals surface area contributed by atoms with Gasteiger partial charge in [-0.05, 0) is 31.0 Å². The molecule has 2 nitrogen and oxygen atoms in total. The van der Waals surface area contributed by atoms with Crippen LogP contribution in [0.25, 0.3) is 0 Å². The van der Waals surface area contributed by atoms with Crippen molar-refractivity contribution < 1.29 is 9.13 Å². The van der Waals surface area contributed by atoms with Crippen molar-refractivity contribution in [3.8, 4) is 0 Å². The van der Waals surface area contributed by atoms with Gasteiger partial charge in [-0.15, -0.1) is 0 Å². The van der Waals surface area contributed by atoms with Crippen LogP contribution in [-0.2, 0) is 4.74 Å². The fourth-order valence-corrected chi connectivity index (χ4v) is 1.57. The number of unbranched alkanes of at least 4 members (excludes halogenated alkanes) is 1. The van der Waals surface area contributed by atoms with Gasteiger partial charge in [0.25, 0.3) is 0 Å². The van der Waals surface area contributed by atoms with Crippen molar-refractivity contribution in [2.75, 3.05) is 19.8 Å². The van der Waals surface area contributed by atoms with Crippen molar-refractivity contribution in [2.45, 2.75) is 32.7 Å². The fraction of sp³-hybridized carbons (Fsp3) is 0.571. The molecule has 1 N–H and O–H groups in total. The lowest BCUT2D eigenvalue weighted by molar-refractivity contribution is 0.131. The summed E-state index contributed by atoms with van der Waals surface area (Å²) in [4.78, 5) is 0. The van der Waals surface area contributed by atoms with E-state index in [4.69, 9.17) is 4.74 Å². The summed E-state index contributed by atoms with van der Waals surface area (Å²) in [5.41, 5.74) is 1.10. The van der Waals surface area contributed by atoms with E-state index in [-0.39, 0.29) is 11.9 Å². The Morgan fingerprint density at radius 3 is 2.59 bits per heavy atom. The van der Waals surface area contributed by atoms with E-state index in [1.807, 2.05) is 12.1 Å². The largest absolute Gasteiger partial charge is 0.380 e. The van der Waals surface area contributed by atoms with E-state index in [0.29, 0.717) is 0 Å². The maximum atomic E-state index is 12.7. The molecule has 0 amide bonds. The molecule has 0 saturated carbocycles. The van der Waals surface area contributed by atoms with Crippen LogP contribution in [0.4, 0.5) is 4.39 Å². The van der Waals surface area contributed by atoms with E-state index in [1.165, 1.54) is 18.6 Å². The van der Waals surface area contributed by atoms with Gasteiger partial charge in [-0.2, -0.15) is 0 Å². The number of benzene rings is 1. The quantitative estimate of drug-likeness (QED) is 0.703. The Bertz CT molecular complexity index is 300. The van der Waals surface area contributed by atoms with Crippen molar-refractivity contribution in [1.29, 1.82) is 0 Å². The molecule has 0 aromatic heterocycles. The predicted octanol–water partition coefficient (Wildman–Crippen LogP) is 3.29. The summed E-state index contributed by atoms with van der Waals surface area (Å²) in [5, 5.41) is 3.35. The molecular weight excluding hydrogens is 217 g/mol. The molecule has 0 fully saturated rings. The van der Waals surface area contributed by atoms with Crippen molar-refractivity contribution in [3.63, 3.8) is 0 Å². The lowest BCUT2D eigenvalue weighted by Crippen LogP contribution is -2.23. The third kappa shape index (κ3) is 5.80. The Labute approximate surface area is 103 Å². The fourth-order valence-electron chi connectivity index (χ4n) is 1.57. The summed E-state index contributed by atoms with van der Waals surface area (Å²) in [5.74, 6) is -0.191. The molecule has 96 valence electrons. The lowest BCUT2D eigenvalue weighted by atomic mass is 10.1. The van der Waals surface area contributed by atoms with Crippen LogP contribution in [0.1, 0.15) is 38.3 Å². The van der Waals surface area contributed by atoms with Crippen LogP contribution in [0.3, 0.4) is 0 Å². The van der Waals surface area contributed by atoms with Crippen LogP contribution >= 0.6 is 0 Å². The third-order valence-corrected chi connectivity index (χ3v) is 2.71. The molecule has 0 heterocycles. The van der Waals surface area contributed by atoms with Gasteiger partial charge in [0, 0.05) is 19.2 Å². The zero-order valence-corrected chi connectivity index (χ0v) is 10.7. The van der Waals surface area contributed by atoms with Gasteiger partial charge in [0.15, 0.2) is 0 Å². The van der Waals surface area contributed by atoms with Gasteiger partial charge in [0.1, 0.15) is 5.82 Å². The van der Waals surface area contributed by atoms with Crippen molar-refractivity contribution >= 4 is 0 Å². The summed E-state index contributed by atoms with van der Waals surface area (Å²) in [6.07, 6.45) is 2.28. The monoisotopic (exact) mass is 239 g/mol. The van der Waals surface area contributed by atoms with E-state index < -0.39 is 0 Å². The minimum Gasteiger partial charge on any atom is -0.380 e. The van der Waals surface area contributed by atoms with E-state index >= 15 is 0 Å². The maximum absolute atomic E-state index is 12.7. The number of rotatable bonds is 8. The SMILES string of the molecule is CCCCOCCN[C@@H](C)c1ccc(F)cc1. The summed E-state index contributed by atoms with van der Waals surface area (Å²) in [7, 11) is 0. The second-order valence-electron chi connectivity index (χ2n) is 4.19. The molecule has 0 bridgehead atoms. The predicted molar refractivity (Wildman–Crippen MR) is 68.5 cm³/mol. The highest BCUT2D eigenvalue weighted by Gasteiger charge is 2.03. The minimum absolute atomic E-state index is 0.191. The first-order valence-corrected chi connectivity index (χ1v) is 6.30. The van der Waals surface area contributed by atoms with Crippen molar-refractivity contribution in [1.82, 2.24) is 5.32 Å². The molecule has 1 aromatic rings. The molecule has 0 radical (unpaired) electrons. The summed E-state index contributed by atoms with van der Waals surface area (Å²) >= 11 is 0. The standard InChI is InChI=1S/C14H22FNO/c1-3-4-10-17-11-9-16-12(2)13-5-7-14(15)8-6-13/h5-8,12,16H,3-4,9-11H2,1-2H3/t12-/m0/s1. The second-order valence-corrected chi connectivity index (χ2v) is 4.19. The molecule has 1 rings (SSSR count). The van der Waals surface area contributed by atoms with Gasteiger partial charge in [-0.25, -0.2) is 4.39 Å². The van der Waals surface area contributed by atoms with Gasteiger partial charge in [0.2, 0.25) is 0 Å². The molecular formula is C14H22FNO. The first kappa shape index (κ1) is 14.1. The molecule has 0 aliphatic rings. The smallest absolute Gasteiger partial charge is 0.123 e. The number of halogens is 1. The highest BCUT2D eigenvalue weighted by molar-refractivity contribution is 5.19. The van der Waals surface area contributed by atoms with Gasteiger partial charge in [-0.3, -0.25) is 0 Å². The van der Waals surface area contributed by atoms with Crippen molar-refractivity contribution in [3.05, 3.63) is 35.6 Å². The van der Waals surface area contributed by atoms with Crippen LogP contribution in [0.2, 0.25) is 0 Å². The lowest BCUT2D eigenvalue weighted by Gasteiger charge is -2.14. The number of hydrogen-bond donors (Lipinski definition) is 1. The van der Waals surface area contributed by atoms with Crippen LogP contribution in [-0.4, -0.2) is 19.8 Å². The van der Waals surface area contributed by atoms with E-state index in [0.717, 1.165) is 31.7 Å². The van der Waals surface area contributed by atoms with Gasteiger partial charge < -0.3 is 10.1 Å². The third-order valence-electron chi connectivity index (χ3n) is 2.71. The molecule has 3 heteroatoms. The summed E-state index contributed by atoms with van der Waals surface area (Å²) in [6.45, 7) is 6.61. The molecule has 0 unspecified atom stereocenters. The average molecular weight is 239 g/mol. The minimum atomic E-state index is -0.191. The Balaban J connectivity index is 2.16. The van der Waals surface area contributed by atoms with E-state index in [2.05, 4.69) is 19.2 Å². The molecule has 0 saturated heterocycles. The molecule has 0 spiro atoms. The summed E-state index contributed by atoms with van der Waals surface area (Å²) < 4.78 is 18.2. The second kappa shape index (κ2) is 8.20. The highest BCUT2D eigenvalue weighted by atomic mass is 19.1. The van der Waals surface area contributed by atoms with Gasteiger partial charge >= 0.3 is 0 Å². The van der Waals surface area contributed by atoms with Crippen LogP contribution in [0.5, 0.6) is 0 Å². The first-order valence-electron chi connectivity index (χ1n) is 6.30. The van der Waals surface area contributed by atoms with Gasteiger partial charge in [-0.1, -0.05) is 25.5 Å². The molecule has 1 atom stereocenters. The average Bonchev–Trinajstić information content (AvgIpc) is 2.34. The molecule has 0 aliphatic carbocycles. The normalized spacial score (nSPS) is 12.6. The summed E-state index contributed by atoms with van der Waals surface area (Å²) in [6, 6.07) is 6.83. The Morgan fingerprint density at radius 1 is 1.24 bits per heavy atom. The number of hydrogen-bond acceptors (Lipinski definition) is 2.